The Bertz CT molecular complexity index is 619. The van der Waals surface area contributed by atoms with E-state index < -0.39 is 0 Å². The van der Waals surface area contributed by atoms with Crippen LogP contribution in [0.1, 0.15) is 37.8 Å². The number of hydrogen-bond donors (Lipinski definition) is 2. The van der Waals surface area contributed by atoms with Crippen molar-refractivity contribution in [2.24, 2.45) is 5.92 Å². The van der Waals surface area contributed by atoms with Crippen LogP contribution in [0.5, 0.6) is 0 Å². The van der Waals surface area contributed by atoms with Crippen LogP contribution >= 0.6 is 24.0 Å². The van der Waals surface area contributed by atoms with Crippen LogP contribution in [0, 0.1) is 5.92 Å². The molecule has 7 heteroatoms. The van der Waals surface area contributed by atoms with Crippen molar-refractivity contribution in [1.29, 1.82) is 0 Å². The summed E-state index contributed by atoms with van der Waals surface area (Å²) in [7, 11) is 0. The van der Waals surface area contributed by atoms with Crippen LogP contribution in [0.15, 0.2) is 23.2 Å². The quantitative estimate of drug-likeness (QED) is 0.658. The lowest BCUT2D eigenvalue weighted by Crippen LogP contribution is -2.47. The number of H-pyrrole nitrogens is 1. The van der Waals surface area contributed by atoms with E-state index in [9.17, 15) is 9.59 Å². The van der Waals surface area contributed by atoms with Crippen molar-refractivity contribution >= 4 is 46.2 Å². The van der Waals surface area contributed by atoms with Crippen LogP contribution in [0.2, 0.25) is 0 Å². The van der Waals surface area contributed by atoms with Gasteiger partial charge in [0.05, 0.1) is 4.91 Å². The van der Waals surface area contributed by atoms with Gasteiger partial charge in [-0.1, -0.05) is 31.0 Å². The highest BCUT2D eigenvalue weighted by Crippen LogP contribution is 2.31. The smallest absolute Gasteiger partial charge is 0.285 e. The highest BCUT2D eigenvalue weighted by Gasteiger charge is 2.35. The van der Waals surface area contributed by atoms with Gasteiger partial charge in [-0.3, -0.25) is 15.0 Å². The highest BCUT2D eigenvalue weighted by molar-refractivity contribution is 8.26. The fourth-order valence-electron chi connectivity index (χ4n) is 2.71. The molecule has 5 nitrogen and oxygen atoms in total. The molecule has 1 saturated carbocycles. The molecule has 1 saturated heterocycles. The Morgan fingerprint density at radius 1 is 1.41 bits per heavy atom. The van der Waals surface area contributed by atoms with E-state index in [2.05, 4.69) is 10.4 Å². The monoisotopic (exact) mass is 335 g/mol. The van der Waals surface area contributed by atoms with Crippen LogP contribution < -0.4 is 5.43 Å². The van der Waals surface area contributed by atoms with Gasteiger partial charge in [0.1, 0.15) is 0 Å². The number of aromatic nitrogens is 1. The van der Waals surface area contributed by atoms with E-state index in [-0.39, 0.29) is 17.7 Å². The Labute approximate surface area is 138 Å². The number of rotatable bonds is 3. The number of thioether (sulfide) groups is 1. The molecule has 1 aliphatic heterocycles. The van der Waals surface area contributed by atoms with Crippen LogP contribution in [0.25, 0.3) is 6.08 Å². The predicted molar refractivity (Wildman–Crippen MR) is 90.5 cm³/mol. The van der Waals surface area contributed by atoms with Crippen molar-refractivity contribution in [3.63, 3.8) is 0 Å². The first kappa shape index (κ1) is 15.3. The minimum atomic E-state index is -0.270. The summed E-state index contributed by atoms with van der Waals surface area (Å²) in [6, 6.07) is 3.73. The van der Waals surface area contributed by atoms with Gasteiger partial charge in [-0.25, -0.2) is 0 Å². The van der Waals surface area contributed by atoms with Crippen molar-refractivity contribution < 1.29 is 9.59 Å². The van der Waals surface area contributed by atoms with E-state index in [0.29, 0.717) is 9.23 Å². The van der Waals surface area contributed by atoms with Crippen molar-refractivity contribution in [2.75, 3.05) is 0 Å². The number of thiocarbonyl (C=S) groups is 1. The number of carbonyl (C=O) groups is 2. The molecule has 3 rings (SSSR count). The van der Waals surface area contributed by atoms with Crippen molar-refractivity contribution in [3.8, 4) is 0 Å². The number of hydrazine groups is 1. The van der Waals surface area contributed by atoms with Gasteiger partial charge in [0.2, 0.25) is 5.91 Å². The maximum atomic E-state index is 12.4. The molecule has 22 heavy (non-hydrogen) atoms. The van der Waals surface area contributed by atoms with Crippen molar-refractivity contribution in [2.45, 2.75) is 32.1 Å². The van der Waals surface area contributed by atoms with Crippen LogP contribution in [0.3, 0.4) is 0 Å². The molecule has 2 N–H and O–H groups in total. The molecule has 2 fully saturated rings. The lowest BCUT2D eigenvalue weighted by Gasteiger charge is -2.23. The Hall–Kier alpha value is -1.60. The zero-order valence-electron chi connectivity index (χ0n) is 12.0. The largest absolute Gasteiger partial charge is 0.362 e. The SMILES string of the molecule is O=C(NN1C(=O)C(=Cc2ccc[nH]2)SC1=S)C1CCCCC1. The molecule has 0 bridgehead atoms. The molecule has 116 valence electrons. The zero-order chi connectivity index (χ0) is 15.5. The third-order valence-corrected chi connectivity index (χ3v) is 5.20. The number of carbonyl (C=O) groups excluding carboxylic acids is 2. The first-order valence-electron chi connectivity index (χ1n) is 7.37. The number of aromatic amines is 1. The molecule has 0 aromatic carbocycles. The van der Waals surface area contributed by atoms with Gasteiger partial charge in [0.25, 0.3) is 5.91 Å². The molecular formula is C15H17N3O2S2. The molecular weight excluding hydrogens is 318 g/mol. The predicted octanol–water partition coefficient (Wildman–Crippen LogP) is 2.83. The number of nitrogens with one attached hydrogen (secondary N) is 2. The molecule has 0 unspecified atom stereocenters. The molecule has 1 aromatic rings. The summed E-state index contributed by atoms with van der Waals surface area (Å²) in [6.45, 7) is 0. The molecule has 2 aliphatic rings. The summed E-state index contributed by atoms with van der Waals surface area (Å²) in [6.07, 6.45) is 8.64. The third kappa shape index (κ3) is 3.25. The van der Waals surface area contributed by atoms with E-state index in [0.717, 1.165) is 31.4 Å². The second-order valence-electron chi connectivity index (χ2n) is 5.45. The summed E-state index contributed by atoms with van der Waals surface area (Å²) in [4.78, 5) is 28.2. The molecule has 0 spiro atoms. The highest BCUT2D eigenvalue weighted by atomic mass is 32.2. The van der Waals surface area contributed by atoms with Gasteiger partial charge in [-0.05, 0) is 43.3 Å². The first-order chi connectivity index (χ1) is 10.6. The number of nitrogens with zero attached hydrogens (tertiary/aromatic N) is 1. The summed E-state index contributed by atoms with van der Waals surface area (Å²) in [5, 5.41) is 1.20. The lowest BCUT2D eigenvalue weighted by atomic mass is 9.89. The molecule has 1 aliphatic carbocycles. The van der Waals surface area contributed by atoms with Crippen molar-refractivity contribution in [1.82, 2.24) is 15.4 Å². The molecule has 2 amide bonds. The fourth-order valence-corrected chi connectivity index (χ4v) is 3.88. The maximum Gasteiger partial charge on any atom is 0.285 e. The standard InChI is InChI=1S/C15H17N3O2S2/c19-13(10-5-2-1-3-6-10)17-18-14(20)12(22-15(18)21)9-11-7-4-8-16-11/h4,7-10,16H,1-3,5-6H2,(H,17,19). The van der Waals surface area contributed by atoms with Gasteiger partial charge in [0.15, 0.2) is 4.32 Å². The minimum absolute atomic E-state index is 0.00853. The van der Waals surface area contributed by atoms with Gasteiger partial charge in [-0.15, -0.1) is 0 Å². The first-order valence-corrected chi connectivity index (χ1v) is 8.59. The normalized spacial score (nSPS) is 21.6. The second kappa shape index (κ2) is 6.66. The maximum absolute atomic E-state index is 12.4. The average Bonchev–Trinajstić information content (AvgIpc) is 3.12. The van der Waals surface area contributed by atoms with Gasteiger partial charge >= 0.3 is 0 Å². The summed E-state index contributed by atoms with van der Waals surface area (Å²) in [5.41, 5.74) is 3.52. The molecule has 2 heterocycles. The molecule has 0 atom stereocenters. The average molecular weight is 335 g/mol. The lowest BCUT2D eigenvalue weighted by molar-refractivity contribution is -0.136. The van der Waals surface area contributed by atoms with E-state index in [1.807, 2.05) is 12.1 Å². The summed E-state index contributed by atoms with van der Waals surface area (Å²) < 4.78 is 0.368. The van der Waals surface area contributed by atoms with E-state index in [1.54, 1.807) is 12.3 Å². The number of amides is 2. The Morgan fingerprint density at radius 2 is 2.18 bits per heavy atom. The van der Waals surface area contributed by atoms with E-state index in [4.69, 9.17) is 12.2 Å². The van der Waals surface area contributed by atoms with E-state index in [1.165, 1.54) is 23.2 Å². The summed E-state index contributed by atoms with van der Waals surface area (Å²) in [5.74, 6) is -0.378. The van der Waals surface area contributed by atoms with Gasteiger partial charge < -0.3 is 4.98 Å². The van der Waals surface area contributed by atoms with Gasteiger partial charge in [0, 0.05) is 17.8 Å². The Balaban J connectivity index is 1.68. The molecule has 0 radical (unpaired) electrons. The van der Waals surface area contributed by atoms with Gasteiger partial charge in [-0.2, -0.15) is 5.01 Å². The Kier molecular flexibility index (Phi) is 4.63. The van der Waals surface area contributed by atoms with Crippen molar-refractivity contribution in [3.05, 3.63) is 28.9 Å². The Morgan fingerprint density at radius 3 is 2.86 bits per heavy atom. The molecule has 1 aromatic heterocycles. The topological polar surface area (TPSA) is 65.2 Å². The zero-order valence-corrected chi connectivity index (χ0v) is 13.6. The third-order valence-electron chi connectivity index (χ3n) is 3.90. The minimum Gasteiger partial charge on any atom is -0.362 e. The van der Waals surface area contributed by atoms with Crippen LogP contribution in [0.4, 0.5) is 0 Å². The van der Waals surface area contributed by atoms with E-state index >= 15 is 0 Å². The number of hydrogen-bond acceptors (Lipinski definition) is 4. The fraction of sp³-hybridized carbons (Fsp3) is 0.400. The summed E-state index contributed by atoms with van der Waals surface area (Å²) >= 11 is 6.42. The van der Waals surface area contributed by atoms with Crippen LogP contribution in [-0.4, -0.2) is 26.1 Å². The van der Waals surface area contributed by atoms with Crippen LogP contribution in [-0.2, 0) is 9.59 Å². The second-order valence-corrected chi connectivity index (χ2v) is 7.13.